The van der Waals surface area contributed by atoms with Crippen molar-refractivity contribution >= 4 is 32.7 Å². The molecule has 0 aliphatic heterocycles. The highest BCUT2D eigenvalue weighted by molar-refractivity contribution is 6.05. The predicted molar refractivity (Wildman–Crippen MR) is 116 cm³/mol. The molecular formula is C25H15N4. The summed E-state index contributed by atoms with van der Waals surface area (Å²) in [5.74, 6) is 0. The molecule has 6 rings (SSSR count). The summed E-state index contributed by atoms with van der Waals surface area (Å²) in [5.41, 5.74) is 6.52. The molecular weight excluding hydrogens is 356 g/mol. The number of aromatic nitrogens is 4. The van der Waals surface area contributed by atoms with E-state index in [-0.39, 0.29) is 0 Å². The van der Waals surface area contributed by atoms with Gasteiger partial charge in [0.1, 0.15) is 0 Å². The Kier molecular flexibility index (Phi) is 3.43. The van der Waals surface area contributed by atoms with Gasteiger partial charge < -0.3 is 4.98 Å². The third kappa shape index (κ3) is 2.50. The van der Waals surface area contributed by atoms with Crippen molar-refractivity contribution in [2.45, 2.75) is 0 Å². The molecule has 0 bridgehead atoms. The fourth-order valence-corrected chi connectivity index (χ4v) is 3.95. The van der Waals surface area contributed by atoms with Crippen molar-refractivity contribution in [2.75, 3.05) is 0 Å². The Morgan fingerprint density at radius 3 is 2.59 bits per heavy atom. The number of nitrogens with zero attached hydrogens (tertiary/aromatic N) is 3. The van der Waals surface area contributed by atoms with Crippen molar-refractivity contribution < 1.29 is 0 Å². The largest absolute Gasteiger partial charge is 0.335 e. The number of imidazole rings is 1. The van der Waals surface area contributed by atoms with E-state index in [0.29, 0.717) is 0 Å². The lowest BCUT2D eigenvalue weighted by atomic mass is 9.95. The zero-order chi connectivity index (χ0) is 19.2. The molecule has 0 spiro atoms. The van der Waals surface area contributed by atoms with Crippen LogP contribution in [0.25, 0.3) is 55.2 Å². The Bertz CT molecular complexity index is 1510. The van der Waals surface area contributed by atoms with E-state index in [1.54, 1.807) is 0 Å². The maximum atomic E-state index is 4.95. The zero-order valence-electron chi connectivity index (χ0n) is 15.4. The van der Waals surface area contributed by atoms with Gasteiger partial charge in [-0.2, -0.15) is 0 Å². The number of benzene rings is 3. The number of pyridine rings is 2. The van der Waals surface area contributed by atoms with Crippen molar-refractivity contribution in [2.24, 2.45) is 0 Å². The Hall–Kier alpha value is -4.05. The summed E-state index contributed by atoms with van der Waals surface area (Å²) in [6, 6.07) is 26.8. The second-order valence-corrected chi connectivity index (χ2v) is 7.00. The first-order valence-corrected chi connectivity index (χ1v) is 9.47. The molecule has 0 unspecified atom stereocenters. The molecule has 3 aromatic carbocycles. The van der Waals surface area contributed by atoms with Gasteiger partial charge in [-0.15, -0.1) is 0 Å². The van der Waals surface area contributed by atoms with Crippen molar-refractivity contribution in [1.29, 1.82) is 0 Å². The van der Waals surface area contributed by atoms with E-state index < -0.39 is 0 Å². The minimum absolute atomic E-state index is 0.847. The molecule has 0 atom stereocenters. The van der Waals surface area contributed by atoms with Crippen molar-refractivity contribution in [3.63, 3.8) is 0 Å². The van der Waals surface area contributed by atoms with E-state index in [1.807, 2.05) is 48.7 Å². The number of hydrogen-bond donors (Lipinski definition) is 1. The average Bonchev–Trinajstić information content (AvgIpc) is 3.26. The molecule has 0 fully saturated rings. The quantitative estimate of drug-likeness (QED) is 0.419. The monoisotopic (exact) mass is 371 g/mol. The van der Waals surface area contributed by atoms with Gasteiger partial charge in [-0.1, -0.05) is 48.5 Å². The molecule has 6 aromatic rings. The van der Waals surface area contributed by atoms with Gasteiger partial charge in [0.05, 0.1) is 27.9 Å². The number of rotatable bonds is 2. The van der Waals surface area contributed by atoms with E-state index >= 15 is 0 Å². The van der Waals surface area contributed by atoms with Gasteiger partial charge in [-0.25, -0.2) is 9.97 Å². The first kappa shape index (κ1) is 16.0. The summed E-state index contributed by atoms with van der Waals surface area (Å²) in [6.07, 6.45) is 4.73. The fraction of sp³-hybridized carbons (Fsp3) is 0. The molecule has 29 heavy (non-hydrogen) atoms. The molecule has 135 valence electrons. The SMILES string of the molecule is [c]1nc2c(-c3ccc4ccccc4n3)c(-c3nccc4ccccc34)ccc2[nH]1. The average molecular weight is 371 g/mol. The van der Waals surface area contributed by atoms with Gasteiger partial charge in [0, 0.05) is 28.1 Å². The molecule has 4 nitrogen and oxygen atoms in total. The van der Waals surface area contributed by atoms with Crippen LogP contribution in [0, 0.1) is 6.33 Å². The molecule has 3 heterocycles. The van der Waals surface area contributed by atoms with Gasteiger partial charge in [-0.05, 0) is 35.7 Å². The Labute approximate surface area is 166 Å². The summed E-state index contributed by atoms with van der Waals surface area (Å²) in [7, 11) is 0. The lowest BCUT2D eigenvalue weighted by Crippen LogP contribution is -1.94. The van der Waals surface area contributed by atoms with Crippen LogP contribution in [-0.4, -0.2) is 19.9 Å². The van der Waals surface area contributed by atoms with Crippen LogP contribution in [0.1, 0.15) is 0 Å². The van der Waals surface area contributed by atoms with Crippen LogP contribution in [0.2, 0.25) is 0 Å². The van der Waals surface area contributed by atoms with Gasteiger partial charge in [0.15, 0.2) is 6.33 Å². The number of aromatic amines is 1. The van der Waals surface area contributed by atoms with Crippen LogP contribution in [0.15, 0.2) is 85.1 Å². The maximum Gasteiger partial charge on any atom is 0.174 e. The molecule has 0 saturated carbocycles. The van der Waals surface area contributed by atoms with Crippen LogP contribution in [0.3, 0.4) is 0 Å². The topological polar surface area (TPSA) is 54.5 Å². The van der Waals surface area contributed by atoms with Gasteiger partial charge in [0.25, 0.3) is 0 Å². The third-order valence-electron chi connectivity index (χ3n) is 5.32. The lowest BCUT2D eigenvalue weighted by Gasteiger charge is -2.12. The minimum atomic E-state index is 0.847. The summed E-state index contributed by atoms with van der Waals surface area (Å²) in [6.45, 7) is 0. The molecule has 0 saturated heterocycles. The standard InChI is InChI=1S/C25H15N4/c1-3-7-18-16(5-1)13-14-26-24(18)19-10-12-22-25(28-15-27-22)23(19)21-11-9-17-6-2-4-8-20(17)29-21/h1-14H,(H,27,28). The van der Waals surface area contributed by atoms with E-state index in [2.05, 4.69) is 52.7 Å². The number of H-pyrrole nitrogens is 1. The van der Waals surface area contributed by atoms with Crippen molar-refractivity contribution in [1.82, 2.24) is 19.9 Å². The minimum Gasteiger partial charge on any atom is -0.335 e. The number of nitrogens with one attached hydrogen (secondary N) is 1. The molecule has 1 N–H and O–H groups in total. The predicted octanol–water partition coefficient (Wildman–Crippen LogP) is 5.79. The maximum absolute atomic E-state index is 4.95. The molecule has 0 amide bonds. The van der Waals surface area contributed by atoms with E-state index in [4.69, 9.17) is 9.97 Å². The van der Waals surface area contributed by atoms with E-state index in [0.717, 1.165) is 55.2 Å². The summed E-state index contributed by atoms with van der Waals surface area (Å²) in [4.78, 5) is 17.3. The molecule has 4 heteroatoms. The highest BCUT2D eigenvalue weighted by Gasteiger charge is 2.17. The summed E-state index contributed by atoms with van der Waals surface area (Å²) < 4.78 is 0. The van der Waals surface area contributed by atoms with E-state index in [1.165, 1.54) is 0 Å². The molecule has 1 radical (unpaired) electrons. The summed E-state index contributed by atoms with van der Waals surface area (Å²) in [5, 5.41) is 3.38. The van der Waals surface area contributed by atoms with Crippen molar-refractivity contribution in [3.8, 4) is 22.5 Å². The summed E-state index contributed by atoms with van der Waals surface area (Å²) >= 11 is 0. The number of fused-ring (bicyclic) bond motifs is 3. The van der Waals surface area contributed by atoms with Crippen LogP contribution in [-0.2, 0) is 0 Å². The van der Waals surface area contributed by atoms with Crippen LogP contribution >= 0.6 is 0 Å². The number of hydrogen-bond acceptors (Lipinski definition) is 3. The Morgan fingerprint density at radius 1 is 0.759 bits per heavy atom. The van der Waals surface area contributed by atoms with Gasteiger partial charge in [0.2, 0.25) is 0 Å². The smallest absolute Gasteiger partial charge is 0.174 e. The second-order valence-electron chi connectivity index (χ2n) is 7.00. The zero-order valence-corrected chi connectivity index (χ0v) is 15.4. The van der Waals surface area contributed by atoms with Crippen molar-refractivity contribution in [3.05, 3.63) is 91.4 Å². The first-order chi connectivity index (χ1) is 14.4. The van der Waals surface area contributed by atoms with Gasteiger partial charge in [-0.3, -0.25) is 4.98 Å². The van der Waals surface area contributed by atoms with E-state index in [9.17, 15) is 0 Å². The second kappa shape index (κ2) is 6.24. The highest BCUT2D eigenvalue weighted by Crippen LogP contribution is 2.38. The van der Waals surface area contributed by atoms with Crippen LogP contribution in [0.5, 0.6) is 0 Å². The molecule has 0 aliphatic carbocycles. The molecule has 0 aliphatic rings. The van der Waals surface area contributed by atoms with Crippen LogP contribution in [0.4, 0.5) is 0 Å². The fourth-order valence-electron chi connectivity index (χ4n) is 3.95. The molecule has 3 aromatic heterocycles. The number of para-hydroxylation sites is 1. The van der Waals surface area contributed by atoms with Crippen LogP contribution < -0.4 is 0 Å². The third-order valence-corrected chi connectivity index (χ3v) is 5.32. The Balaban J connectivity index is 1.71. The normalized spacial score (nSPS) is 11.4. The Morgan fingerprint density at radius 2 is 1.62 bits per heavy atom. The first-order valence-electron chi connectivity index (χ1n) is 9.47. The van der Waals surface area contributed by atoms with Gasteiger partial charge >= 0.3 is 0 Å². The lowest BCUT2D eigenvalue weighted by molar-refractivity contribution is 1.31. The highest BCUT2D eigenvalue weighted by atomic mass is 14.9.